The summed E-state index contributed by atoms with van der Waals surface area (Å²) >= 11 is 6.72. The number of thiophene rings is 1. The number of amides is 1. The highest BCUT2D eigenvalue weighted by atomic mass is 79.9. The fraction of sp³-hybridized carbons (Fsp3) is 0.200. The van der Waals surface area contributed by atoms with E-state index in [4.69, 9.17) is 0 Å². The van der Waals surface area contributed by atoms with Crippen molar-refractivity contribution in [3.05, 3.63) is 50.1 Å². The van der Waals surface area contributed by atoms with Gasteiger partial charge in [-0.25, -0.2) is 4.98 Å². The Labute approximate surface area is 139 Å². The fourth-order valence-corrected chi connectivity index (χ4v) is 4.36. The van der Waals surface area contributed by atoms with Crippen molar-refractivity contribution in [2.24, 2.45) is 0 Å². The molecule has 1 N–H and O–H groups in total. The van der Waals surface area contributed by atoms with Crippen LogP contribution in [0.1, 0.15) is 16.3 Å². The van der Waals surface area contributed by atoms with E-state index in [9.17, 15) is 4.79 Å². The second kappa shape index (κ2) is 6.68. The molecule has 0 unspecified atom stereocenters. The lowest BCUT2D eigenvalue weighted by molar-refractivity contribution is -0.121. The molecule has 3 rings (SSSR count). The number of thiazole rings is 1. The number of hydrogen-bond acceptors (Lipinski definition) is 4. The van der Waals surface area contributed by atoms with Crippen molar-refractivity contribution >= 4 is 54.7 Å². The van der Waals surface area contributed by atoms with E-state index < -0.39 is 0 Å². The number of fused-ring (bicyclic) bond motifs is 1. The van der Waals surface area contributed by atoms with Crippen LogP contribution in [0.15, 0.2) is 40.2 Å². The highest BCUT2D eigenvalue weighted by Gasteiger charge is 2.07. The Morgan fingerprint density at radius 1 is 1.19 bits per heavy atom. The molecule has 0 radical (unpaired) electrons. The Morgan fingerprint density at radius 3 is 2.81 bits per heavy atom. The van der Waals surface area contributed by atoms with E-state index in [2.05, 4.69) is 32.3 Å². The zero-order valence-corrected chi connectivity index (χ0v) is 14.4. The minimum atomic E-state index is 0.0683. The van der Waals surface area contributed by atoms with Gasteiger partial charge in [0.2, 0.25) is 5.91 Å². The molecule has 0 bridgehead atoms. The van der Waals surface area contributed by atoms with Gasteiger partial charge in [0, 0.05) is 17.7 Å². The van der Waals surface area contributed by atoms with Crippen molar-refractivity contribution in [2.45, 2.75) is 19.4 Å². The van der Waals surface area contributed by atoms with Gasteiger partial charge in [-0.1, -0.05) is 12.1 Å². The van der Waals surface area contributed by atoms with Crippen molar-refractivity contribution in [3.63, 3.8) is 0 Å². The maximum absolute atomic E-state index is 11.9. The smallest absolute Gasteiger partial charge is 0.220 e. The van der Waals surface area contributed by atoms with Crippen LogP contribution >= 0.6 is 38.6 Å². The molecule has 3 aromatic rings. The fourth-order valence-electron chi connectivity index (χ4n) is 1.97. The minimum Gasteiger partial charge on any atom is -0.351 e. The Hall–Kier alpha value is -1.24. The summed E-state index contributed by atoms with van der Waals surface area (Å²) in [4.78, 5) is 17.6. The van der Waals surface area contributed by atoms with Gasteiger partial charge in [-0.3, -0.25) is 4.79 Å². The molecule has 0 saturated heterocycles. The average molecular weight is 381 g/mol. The van der Waals surface area contributed by atoms with Gasteiger partial charge in [-0.05, 0) is 40.2 Å². The van der Waals surface area contributed by atoms with Gasteiger partial charge in [0.25, 0.3) is 0 Å². The van der Waals surface area contributed by atoms with E-state index in [-0.39, 0.29) is 5.91 Å². The first-order valence-electron chi connectivity index (χ1n) is 6.56. The zero-order valence-electron chi connectivity index (χ0n) is 11.1. The lowest BCUT2D eigenvalue weighted by Crippen LogP contribution is -2.22. The van der Waals surface area contributed by atoms with E-state index in [0.717, 1.165) is 19.2 Å². The number of halogens is 1. The van der Waals surface area contributed by atoms with Crippen LogP contribution in [0.2, 0.25) is 0 Å². The largest absolute Gasteiger partial charge is 0.351 e. The number of benzene rings is 1. The SMILES string of the molecule is O=C(CCc1nc2ccccc2s1)NCc1ccc(Br)s1. The van der Waals surface area contributed by atoms with E-state index in [1.165, 1.54) is 4.70 Å². The Bertz CT molecular complexity index is 733. The summed E-state index contributed by atoms with van der Waals surface area (Å²) in [5.74, 6) is 0.0683. The molecule has 2 aromatic heterocycles. The van der Waals surface area contributed by atoms with E-state index >= 15 is 0 Å². The van der Waals surface area contributed by atoms with Crippen LogP contribution in [0.5, 0.6) is 0 Å². The standard InChI is InChI=1S/C15H13BrN2OS2/c16-13-6-5-10(20-13)9-17-14(19)7-8-15-18-11-3-1-2-4-12(11)21-15/h1-6H,7-9H2,(H,17,19). The van der Waals surface area contributed by atoms with E-state index in [1.54, 1.807) is 22.7 Å². The van der Waals surface area contributed by atoms with Crippen LogP contribution in [0.3, 0.4) is 0 Å². The molecule has 6 heteroatoms. The summed E-state index contributed by atoms with van der Waals surface area (Å²) in [6.45, 7) is 0.592. The molecule has 2 heterocycles. The second-order valence-electron chi connectivity index (χ2n) is 4.56. The molecule has 0 atom stereocenters. The van der Waals surface area contributed by atoms with Crippen LogP contribution in [0, 0.1) is 0 Å². The Balaban J connectivity index is 1.51. The molecule has 0 spiro atoms. The number of hydrogen-bond donors (Lipinski definition) is 1. The Morgan fingerprint density at radius 2 is 2.05 bits per heavy atom. The first-order chi connectivity index (χ1) is 10.2. The van der Waals surface area contributed by atoms with Gasteiger partial charge in [-0.2, -0.15) is 0 Å². The van der Waals surface area contributed by atoms with Gasteiger partial charge >= 0.3 is 0 Å². The van der Waals surface area contributed by atoms with Crippen molar-refractivity contribution in [2.75, 3.05) is 0 Å². The van der Waals surface area contributed by atoms with Crippen LogP contribution in [0.25, 0.3) is 10.2 Å². The van der Waals surface area contributed by atoms with Gasteiger partial charge in [0.15, 0.2) is 0 Å². The molecule has 0 aliphatic heterocycles. The maximum atomic E-state index is 11.9. The van der Waals surface area contributed by atoms with Crippen LogP contribution in [-0.2, 0) is 17.8 Å². The summed E-state index contributed by atoms with van der Waals surface area (Å²) in [7, 11) is 0. The van der Waals surface area contributed by atoms with Crippen molar-refractivity contribution in [1.82, 2.24) is 10.3 Å². The number of para-hydroxylation sites is 1. The molecule has 0 aliphatic carbocycles. The number of aryl methyl sites for hydroxylation is 1. The number of carbonyl (C=O) groups is 1. The van der Waals surface area contributed by atoms with Gasteiger partial charge < -0.3 is 5.32 Å². The number of carbonyl (C=O) groups excluding carboxylic acids is 1. The van der Waals surface area contributed by atoms with E-state index in [1.807, 2.05) is 30.3 Å². The predicted molar refractivity (Wildman–Crippen MR) is 91.8 cm³/mol. The number of nitrogens with one attached hydrogen (secondary N) is 1. The molecular formula is C15H13BrN2OS2. The third-order valence-corrected chi connectivity index (χ3v) is 5.71. The summed E-state index contributed by atoms with van der Waals surface area (Å²) in [6, 6.07) is 12.1. The quantitative estimate of drug-likeness (QED) is 0.713. The lowest BCUT2D eigenvalue weighted by Gasteiger charge is -2.02. The monoisotopic (exact) mass is 380 g/mol. The maximum Gasteiger partial charge on any atom is 0.220 e. The minimum absolute atomic E-state index is 0.0683. The third kappa shape index (κ3) is 3.90. The molecular weight excluding hydrogens is 368 g/mol. The van der Waals surface area contributed by atoms with Gasteiger partial charge in [0.05, 0.1) is 25.6 Å². The molecule has 0 saturated carbocycles. The molecule has 0 fully saturated rings. The van der Waals surface area contributed by atoms with Crippen molar-refractivity contribution in [1.29, 1.82) is 0 Å². The summed E-state index contributed by atoms with van der Waals surface area (Å²) < 4.78 is 2.26. The molecule has 3 nitrogen and oxygen atoms in total. The number of aromatic nitrogens is 1. The lowest BCUT2D eigenvalue weighted by atomic mass is 10.3. The average Bonchev–Trinajstić information content (AvgIpc) is 3.08. The van der Waals surface area contributed by atoms with Crippen LogP contribution in [-0.4, -0.2) is 10.9 Å². The molecule has 0 aliphatic rings. The van der Waals surface area contributed by atoms with Crippen molar-refractivity contribution < 1.29 is 4.79 Å². The van der Waals surface area contributed by atoms with Gasteiger partial charge in [-0.15, -0.1) is 22.7 Å². The van der Waals surface area contributed by atoms with E-state index in [0.29, 0.717) is 19.4 Å². The molecule has 1 aromatic carbocycles. The molecule has 108 valence electrons. The summed E-state index contributed by atoms with van der Waals surface area (Å²) in [6.07, 6.45) is 1.17. The summed E-state index contributed by atoms with van der Waals surface area (Å²) in [5, 5.41) is 3.96. The van der Waals surface area contributed by atoms with Crippen LogP contribution < -0.4 is 5.32 Å². The second-order valence-corrected chi connectivity index (χ2v) is 8.22. The van der Waals surface area contributed by atoms with Gasteiger partial charge in [0.1, 0.15) is 0 Å². The first kappa shape index (κ1) is 14.7. The predicted octanol–water partition coefficient (Wildman–Crippen LogP) is 4.37. The topological polar surface area (TPSA) is 42.0 Å². The van der Waals surface area contributed by atoms with Crippen LogP contribution in [0.4, 0.5) is 0 Å². The number of nitrogens with zero attached hydrogens (tertiary/aromatic N) is 1. The highest BCUT2D eigenvalue weighted by Crippen LogP contribution is 2.23. The molecule has 21 heavy (non-hydrogen) atoms. The first-order valence-corrected chi connectivity index (χ1v) is 8.99. The van der Waals surface area contributed by atoms with Crippen molar-refractivity contribution in [3.8, 4) is 0 Å². The Kier molecular flexibility index (Phi) is 4.67. The highest BCUT2D eigenvalue weighted by molar-refractivity contribution is 9.11. The zero-order chi connectivity index (χ0) is 14.7. The third-order valence-electron chi connectivity index (χ3n) is 2.99. The molecule has 1 amide bonds. The normalized spacial score (nSPS) is 10.9. The summed E-state index contributed by atoms with van der Waals surface area (Å²) in [5.41, 5.74) is 1.02. The number of rotatable bonds is 5.